The molecule has 0 aliphatic rings. The maximum atomic E-state index is 11.8. The molecule has 8 nitrogen and oxygen atoms in total. The minimum atomic E-state index is -0.727. The molecule has 0 aliphatic heterocycles. The fourth-order valence-corrected chi connectivity index (χ4v) is 1.32. The van der Waals surface area contributed by atoms with Crippen LogP contribution in [0.25, 0.3) is 0 Å². The average Bonchev–Trinajstić information content (AvgIpc) is 2.85. The Morgan fingerprint density at radius 2 is 2.16 bits per heavy atom. The molecule has 0 aromatic carbocycles. The Labute approximate surface area is 109 Å². The largest absolute Gasteiger partial charge is 0.466 e. The van der Waals surface area contributed by atoms with Gasteiger partial charge in [-0.15, -0.1) is 0 Å². The van der Waals surface area contributed by atoms with E-state index in [9.17, 15) is 19.7 Å². The van der Waals surface area contributed by atoms with Crippen molar-refractivity contribution >= 4 is 17.8 Å². The number of rotatable bonds is 6. The van der Waals surface area contributed by atoms with Crippen molar-refractivity contribution in [2.75, 3.05) is 20.2 Å². The lowest BCUT2D eigenvalue weighted by atomic mass is 10.3. The highest BCUT2D eigenvalue weighted by Gasteiger charge is 2.20. The van der Waals surface area contributed by atoms with Crippen molar-refractivity contribution in [1.29, 1.82) is 0 Å². The monoisotopic (exact) mass is 270 g/mol. The van der Waals surface area contributed by atoms with Gasteiger partial charge >= 0.3 is 11.9 Å². The number of amides is 1. The first-order chi connectivity index (χ1) is 8.95. The van der Waals surface area contributed by atoms with Crippen LogP contribution in [0, 0.1) is 10.1 Å². The number of nitrogens with zero attached hydrogens (tertiary/aromatic N) is 2. The third kappa shape index (κ3) is 4.09. The molecule has 0 radical (unpaired) electrons. The third-order valence-corrected chi connectivity index (χ3v) is 2.29. The summed E-state index contributed by atoms with van der Waals surface area (Å²) in [6, 6.07) is 2.33. The summed E-state index contributed by atoms with van der Waals surface area (Å²) in [4.78, 5) is 33.9. The van der Waals surface area contributed by atoms with Gasteiger partial charge in [-0.25, -0.2) is 0 Å². The van der Waals surface area contributed by atoms with E-state index >= 15 is 0 Å². The number of nitro groups is 1. The number of carbonyl (C=O) groups excluding carboxylic acids is 2. The van der Waals surface area contributed by atoms with Gasteiger partial charge in [0.1, 0.15) is 4.92 Å². The minimum Gasteiger partial charge on any atom is -0.466 e. The summed E-state index contributed by atoms with van der Waals surface area (Å²) in [5.74, 6) is -1.58. The fraction of sp³-hybridized carbons (Fsp3) is 0.455. The van der Waals surface area contributed by atoms with Crippen molar-refractivity contribution in [2.45, 2.75) is 13.3 Å². The van der Waals surface area contributed by atoms with Gasteiger partial charge in [0.15, 0.2) is 5.76 Å². The number of esters is 1. The molecule has 1 aromatic heterocycles. The van der Waals surface area contributed by atoms with Crippen molar-refractivity contribution in [2.24, 2.45) is 0 Å². The number of ether oxygens (including phenoxy) is 1. The summed E-state index contributed by atoms with van der Waals surface area (Å²) in [6.45, 7) is 2.11. The molecule has 1 heterocycles. The first kappa shape index (κ1) is 14.7. The number of furan rings is 1. The van der Waals surface area contributed by atoms with Crippen LogP contribution in [0.2, 0.25) is 0 Å². The van der Waals surface area contributed by atoms with Gasteiger partial charge in [0.25, 0.3) is 5.91 Å². The van der Waals surface area contributed by atoms with Gasteiger partial charge in [0.2, 0.25) is 0 Å². The van der Waals surface area contributed by atoms with Gasteiger partial charge in [0.05, 0.1) is 19.1 Å². The zero-order valence-electron chi connectivity index (χ0n) is 10.6. The van der Waals surface area contributed by atoms with Crippen molar-refractivity contribution in [3.05, 3.63) is 28.0 Å². The molecule has 1 amide bonds. The Balaban J connectivity index is 2.56. The maximum absolute atomic E-state index is 11.8. The summed E-state index contributed by atoms with van der Waals surface area (Å²) in [7, 11) is 1.47. The predicted molar refractivity (Wildman–Crippen MR) is 63.6 cm³/mol. The standard InChI is InChI=1S/C11H14N2O6/c1-3-18-10(14)6-7-12(2)11(15)8-4-5-9(19-8)13(16)17/h4-5H,3,6-7H2,1-2H3. The van der Waals surface area contributed by atoms with Gasteiger partial charge < -0.3 is 14.1 Å². The smallest absolute Gasteiger partial charge is 0.433 e. The molecule has 0 saturated carbocycles. The summed E-state index contributed by atoms with van der Waals surface area (Å²) in [6.07, 6.45) is 0.0544. The second-order valence-electron chi connectivity index (χ2n) is 3.68. The normalized spacial score (nSPS) is 10.0. The van der Waals surface area contributed by atoms with E-state index in [4.69, 9.17) is 9.15 Å². The minimum absolute atomic E-state index is 0.0544. The van der Waals surface area contributed by atoms with Crippen LogP contribution >= 0.6 is 0 Å². The summed E-state index contributed by atoms with van der Waals surface area (Å²) < 4.78 is 9.50. The average molecular weight is 270 g/mol. The molecule has 8 heteroatoms. The summed E-state index contributed by atoms with van der Waals surface area (Å²) >= 11 is 0. The number of hydrogen-bond acceptors (Lipinski definition) is 6. The topological polar surface area (TPSA) is 103 Å². The molecule has 19 heavy (non-hydrogen) atoms. The molecule has 0 atom stereocenters. The molecule has 104 valence electrons. The molecule has 1 aromatic rings. The van der Waals surface area contributed by atoms with Gasteiger partial charge in [-0.2, -0.15) is 0 Å². The van der Waals surface area contributed by atoms with Crippen molar-refractivity contribution in [3.63, 3.8) is 0 Å². The molecule has 0 bridgehead atoms. The van der Waals surface area contributed by atoms with Crippen LogP contribution in [-0.4, -0.2) is 41.9 Å². The zero-order valence-corrected chi connectivity index (χ0v) is 10.6. The Morgan fingerprint density at radius 3 is 2.68 bits per heavy atom. The highest BCUT2D eigenvalue weighted by Crippen LogP contribution is 2.16. The van der Waals surface area contributed by atoms with E-state index in [1.807, 2.05) is 0 Å². The van der Waals surface area contributed by atoms with E-state index in [1.54, 1.807) is 6.92 Å². The van der Waals surface area contributed by atoms with E-state index in [-0.39, 0.29) is 25.3 Å². The van der Waals surface area contributed by atoms with Gasteiger partial charge in [-0.1, -0.05) is 0 Å². The van der Waals surface area contributed by atoms with E-state index in [1.165, 1.54) is 18.0 Å². The van der Waals surface area contributed by atoms with E-state index in [0.29, 0.717) is 0 Å². The number of carbonyl (C=O) groups is 2. The van der Waals surface area contributed by atoms with Crippen molar-refractivity contribution < 1.29 is 23.7 Å². The third-order valence-electron chi connectivity index (χ3n) is 2.29. The lowest BCUT2D eigenvalue weighted by molar-refractivity contribution is -0.402. The highest BCUT2D eigenvalue weighted by molar-refractivity contribution is 5.91. The van der Waals surface area contributed by atoms with Crippen molar-refractivity contribution in [3.8, 4) is 0 Å². The SMILES string of the molecule is CCOC(=O)CCN(C)C(=O)c1ccc([N+](=O)[O-])o1. The molecule has 1 rings (SSSR count). The molecule has 0 saturated heterocycles. The predicted octanol–water partition coefficient (Wildman–Crippen LogP) is 1.21. The fourth-order valence-electron chi connectivity index (χ4n) is 1.32. The van der Waals surface area contributed by atoms with Gasteiger partial charge in [-0.05, 0) is 13.0 Å². The maximum Gasteiger partial charge on any atom is 0.433 e. The van der Waals surface area contributed by atoms with E-state index in [0.717, 1.165) is 6.07 Å². The quantitative estimate of drug-likeness (QED) is 0.437. The Hall–Kier alpha value is -2.38. The Bertz CT molecular complexity index is 481. The van der Waals surface area contributed by atoms with Crippen LogP contribution in [0.5, 0.6) is 0 Å². The van der Waals surface area contributed by atoms with Crippen LogP contribution < -0.4 is 0 Å². The van der Waals surface area contributed by atoms with Crippen LogP contribution in [0.4, 0.5) is 5.88 Å². The molecular formula is C11H14N2O6. The lowest BCUT2D eigenvalue weighted by Gasteiger charge is -2.14. The summed E-state index contributed by atoms with van der Waals surface area (Å²) in [5, 5.41) is 10.4. The van der Waals surface area contributed by atoms with E-state index in [2.05, 4.69) is 0 Å². The molecule has 0 unspecified atom stereocenters. The molecule has 0 spiro atoms. The highest BCUT2D eigenvalue weighted by atomic mass is 16.6. The summed E-state index contributed by atoms with van der Waals surface area (Å²) in [5.41, 5.74) is 0. The molecule has 0 fully saturated rings. The molecular weight excluding hydrogens is 256 g/mol. The van der Waals surface area contributed by atoms with Crippen molar-refractivity contribution in [1.82, 2.24) is 4.90 Å². The first-order valence-corrected chi connectivity index (χ1v) is 5.61. The van der Waals surface area contributed by atoms with Crippen LogP contribution in [0.3, 0.4) is 0 Å². The van der Waals surface area contributed by atoms with Crippen LogP contribution in [-0.2, 0) is 9.53 Å². The van der Waals surface area contributed by atoms with Crippen LogP contribution in [0.15, 0.2) is 16.5 Å². The lowest BCUT2D eigenvalue weighted by Crippen LogP contribution is -2.29. The Morgan fingerprint density at radius 1 is 1.47 bits per heavy atom. The zero-order chi connectivity index (χ0) is 14.4. The van der Waals surface area contributed by atoms with Gasteiger partial charge in [-0.3, -0.25) is 19.7 Å². The van der Waals surface area contributed by atoms with Crippen LogP contribution in [0.1, 0.15) is 23.9 Å². The van der Waals surface area contributed by atoms with Gasteiger partial charge in [0, 0.05) is 13.6 Å². The first-order valence-electron chi connectivity index (χ1n) is 5.61. The number of hydrogen-bond donors (Lipinski definition) is 0. The molecule has 0 aliphatic carbocycles. The van der Waals surface area contributed by atoms with E-state index < -0.39 is 22.7 Å². The second-order valence-corrected chi connectivity index (χ2v) is 3.68. The molecule has 0 N–H and O–H groups in total. The second kappa shape index (κ2) is 6.53. The Kier molecular flexibility index (Phi) is 5.04.